The van der Waals surface area contributed by atoms with Gasteiger partial charge in [-0.15, -0.1) is 0 Å². The summed E-state index contributed by atoms with van der Waals surface area (Å²) in [5.74, 6) is -0.290. The number of benzene rings is 2. The van der Waals surface area contributed by atoms with Gasteiger partial charge in [0.15, 0.2) is 0 Å². The lowest BCUT2D eigenvalue weighted by molar-refractivity contribution is -0.123. The average molecular weight is 403 g/mol. The molecule has 0 aliphatic carbocycles. The minimum Gasteiger partial charge on any atom is -0.347 e. The summed E-state index contributed by atoms with van der Waals surface area (Å²) in [4.78, 5) is 13.1. The first kappa shape index (κ1) is 22.0. The topological polar surface area (TPSA) is 66.5 Å². The van der Waals surface area contributed by atoms with Crippen LogP contribution >= 0.6 is 0 Å². The largest absolute Gasteiger partial charge is 0.347 e. The molecule has 1 amide bonds. The number of carbonyl (C=O) groups is 1. The van der Waals surface area contributed by atoms with E-state index in [1.54, 1.807) is 6.07 Å². The van der Waals surface area contributed by atoms with Crippen LogP contribution in [0.3, 0.4) is 0 Å². The zero-order chi connectivity index (χ0) is 20.9. The summed E-state index contributed by atoms with van der Waals surface area (Å²) in [6.07, 6.45) is 2.23. The van der Waals surface area contributed by atoms with Gasteiger partial charge in [-0.25, -0.2) is 8.42 Å². The molecule has 0 aliphatic heterocycles. The fraction of sp³-hybridized carbons (Fsp3) is 0.409. The van der Waals surface area contributed by atoms with Crippen molar-refractivity contribution in [3.63, 3.8) is 0 Å². The third-order valence-electron chi connectivity index (χ3n) is 5.00. The summed E-state index contributed by atoms with van der Waals surface area (Å²) in [5.41, 5.74) is 3.58. The number of sulfonamides is 1. The lowest BCUT2D eigenvalue weighted by Crippen LogP contribution is -2.50. The zero-order valence-corrected chi connectivity index (χ0v) is 18.1. The minimum atomic E-state index is -3.64. The van der Waals surface area contributed by atoms with Crippen LogP contribution in [0.1, 0.15) is 49.4 Å². The van der Waals surface area contributed by atoms with Crippen molar-refractivity contribution >= 4 is 21.6 Å². The number of nitrogens with one attached hydrogen (secondary N) is 1. The summed E-state index contributed by atoms with van der Waals surface area (Å²) in [7, 11) is -3.64. The molecule has 152 valence electrons. The predicted molar refractivity (Wildman–Crippen MR) is 115 cm³/mol. The van der Waals surface area contributed by atoms with Crippen LogP contribution in [0.2, 0.25) is 0 Å². The number of anilines is 1. The van der Waals surface area contributed by atoms with Crippen LogP contribution < -0.4 is 9.62 Å². The smallest absolute Gasteiger partial charge is 0.244 e. The monoisotopic (exact) mass is 402 g/mol. The Labute approximate surface area is 168 Å². The van der Waals surface area contributed by atoms with E-state index in [0.717, 1.165) is 22.9 Å². The molecule has 0 saturated heterocycles. The second-order valence-electron chi connectivity index (χ2n) is 7.13. The van der Waals surface area contributed by atoms with E-state index in [9.17, 15) is 13.2 Å². The second kappa shape index (κ2) is 9.24. The number of carbonyl (C=O) groups excluding carboxylic acids is 1. The number of amides is 1. The summed E-state index contributed by atoms with van der Waals surface area (Å²) in [6, 6.07) is 14.2. The molecule has 0 aromatic heterocycles. The number of nitrogens with zero attached hydrogens (tertiary/aromatic N) is 1. The van der Waals surface area contributed by atoms with Gasteiger partial charge in [0.2, 0.25) is 15.9 Å². The SMILES string of the molecule is CCC(NC(=O)C(CC)N(c1ccc(C)c(C)c1)S(C)(=O)=O)c1ccccc1. The summed E-state index contributed by atoms with van der Waals surface area (Å²) in [6.45, 7) is 7.73. The molecule has 2 unspecified atom stereocenters. The Morgan fingerprint density at radius 3 is 2.14 bits per heavy atom. The van der Waals surface area contributed by atoms with Crippen LogP contribution in [0.5, 0.6) is 0 Å². The van der Waals surface area contributed by atoms with E-state index in [1.807, 2.05) is 70.2 Å². The molecular formula is C22H30N2O3S. The zero-order valence-electron chi connectivity index (χ0n) is 17.3. The van der Waals surface area contributed by atoms with Crippen molar-refractivity contribution in [1.29, 1.82) is 0 Å². The fourth-order valence-corrected chi connectivity index (χ4v) is 4.50. The molecule has 2 aromatic rings. The van der Waals surface area contributed by atoms with Crippen molar-refractivity contribution in [3.8, 4) is 0 Å². The van der Waals surface area contributed by atoms with Gasteiger partial charge in [-0.05, 0) is 55.5 Å². The standard InChI is InChI=1S/C22H30N2O3S/c1-6-20(18-11-9-8-10-12-18)23-22(25)21(7-2)24(28(5,26)27)19-14-13-16(3)17(4)15-19/h8-15,20-21H,6-7H2,1-5H3,(H,23,25). The van der Waals surface area contributed by atoms with Gasteiger partial charge < -0.3 is 5.32 Å². The summed E-state index contributed by atoms with van der Waals surface area (Å²) < 4.78 is 26.5. The van der Waals surface area contributed by atoms with Crippen LogP contribution in [0, 0.1) is 13.8 Å². The van der Waals surface area contributed by atoms with Crippen LogP contribution in [-0.4, -0.2) is 26.6 Å². The molecule has 0 saturated carbocycles. The first-order valence-corrected chi connectivity index (χ1v) is 11.5. The molecule has 2 atom stereocenters. The summed E-state index contributed by atoms with van der Waals surface area (Å²) in [5, 5.41) is 3.04. The normalized spacial score (nSPS) is 13.6. The maximum absolute atomic E-state index is 13.1. The lowest BCUT2D eigenvalue weighted by atomic mass is 10.0. The van der Waals surface area contributed by atoms with E-state index in [4.69, 9.17) is 0 Å². The summed E-state index contributed by atoms with van der Waals surface area (Å²) >= 11 is 0. The van der Waals surface area contributed by atoms with Crippen molar-refractivity contribution in [2.24, 2.45) is 0 Å². The molecule has 2 rings (SSSR count). The molecule has 0 aliphatic rings. The van der Waals surface area contributed by atoms with E-state index < -0.39 is 16.1 Å². The van der Waals surface area contributed by atoms with Crippen LogP contribution in [0.25, 0.3) is 0 Å². The molecule has 6 heteroatoms. The van der Waals surface area contributed by atoms with Gasteiger partial charge >= 0.3 is 0 Å². The Balaban J connectivity index is 2.37. The van der Waals surface area contributed by atoms with Gasteiger partial charge in [0.05, 0.1) is 18.0 Å². The number of aryl methyl sites for hydroxylation is 2. The van der Waals surface area contributed by atoms with Gasteiger partial charge in [0.25, 0.3) is 0 Å². The van der Waals surface area contributed by atoms with Crippen LogP contribution in [-0.2, 0) is 14.8 Å². The molecular weight excluding hydrogens is 372 g/mol. The molecule has 0 spiro atoms. The Morgan fingerprint density at radius 2 is 1.64 bits per heavy atom. The van der Waals surface area contributed by atoms with Gasteiger partial charge in [-0.2, -0.15) is 0 Å². The molecule has 0 fully saturated rings. The molecule has 0 heterocycles. The third-order valence-corrected chi connectivity index (χ3v) is 6.18. The maximum atomic E-state index is 13.1. The Hall–Kier alpha value is -2.34. The highest BCUT2D eigenvalue weighted by atomic mass is 32.2. The van der Waals surface area contributed by atoms with Crippen molar-refractivity contribution < 1.29 is 13.2 Å². The van der Waals surface area contributed by atoms with Crippen molar-refractivity contribution in [2.75, 3.05) is 10.6 Å². The van der Waals surface area contributed by atoms with E-state index in [2.05, 4.69) is 5.32 Å². The number of hydrogen-bond acceptors (Lipinski definition) is 3. The van der Waals surface area contributed by atoms with Crippen LogP contribution in [0.4, 0.5) is 5.69 Å². The Bertz CT molecular complexity index is 911. The molecule has 5 nitrogen and oxygen atoms in total. The minimum absolute atomic E-state index is 0.163. The van der Waals surface area contributed by atoms with Crippen LogP contribution in [0.15, 0.2) is 48.5 Å². The number of rotatable bonds is 8. The molecule has 1 N–H and O–H groups in total. The number of hydrogen-bond donors (Lipinski definition) is 1. The quantitative estimate of drug-likeness (QED) is 0.722. The highest BCUT2D eigenvalue weighted by molar-refractivity contribution is 7.92. The van der Waals surface area contributed by atoms with E-state index >= 15 is 0 Å². The fourth-order valence-electron chi connectivity index (χ4n) is 3.30. The molecule has 0 bridgehead atoms. The van der Waals surface area contributed by atoms with Crippen molar-refractivity contribution in [3.05, 3.63) is 65.2 Å². The van der Waals surface area contributed by atoms with Gasteiger partial charge in [-0.3, -0.25) is 9.10 Å². The first-order chi connectivity index (χ1) is 13.2. The Kier molecular flexibility index (Phi) is 7.24. The Morgan fingerprint density at radius 1 is 1.00 bits per heavy atom. The van der Waals surface area contributed by atoms with Gasteiger partial charge in [0.1, 0.15) is 6.04 Å². The van der Waals surface area contributed by atoms with Crippen molar-refractivity contribution in [1.82, 2.24) is 5.32 Å². The molecule has 28 heavy (non-hydrogen) atoms. The van der Waals surface area contributed by atoms with Crippen molar-refractivity contribution in [2.45, 2.75) is 52.6 Å². The highest BCUT2D eigenvalue weighted by Crippen LogP contribution is 2.26. The van der Waals surface area contributed by atoms with Gasteiger partial charge in [0, 0.05) is 0 Å². The average Bonchev–Trinajstić information content (AvgIpc) is 2.66. The van der Waals surface area contributed by atoms with E-state index in [1.165, 1.54) is 4.31 Å². The van der Waals surface area contributed by atoms with Gasteiger partial charge in [-0.1, -0.05) is 50.2 Å². The van der Waals surface area contributed by atoms with E-state index in [-0.39, 0.29) is 11.9 Å². The lowest BCUT2D eigenvalue weighted by Gasteiger charge is -2.31. The maximum Gasteiger partial charge on any atom is 0.244 e. The second-order valence-corrected chi connectivity index (χ2v) is 8.99. The third kappa shape index (κ3) is 5.13. The van der Waals surface area contributed by atoms with E-state index in [0.29, 0.717) is 18.5 Å². The first-order valence-electron chi connectivity index (χ1n) is 9.61. The molecule has 2 aromatic carbocycles. The molecule has 0 radical (unpaired) electrons. The predicted octanol–water partition coefficient (Wildman–Crippen LogP) is 4.12. The highest BCUT2D eigenvalue weighted by Gasteiger charge is 2.32.